The molecule has 0 radical (unpaired) electrons. The molecule has 0 bridgehead atoms. The second-order valence-corrected chi connectivity index (χ2v) is 2.78. The number of nitrogens with one attached hydrogen (secondary N) is 1. The second-order valence-electron chi connectivity index (χ2n) is 2.78. The van der Waals surface area contributed by atoms with Crippen molar-refractivity contribution >= 4 is 18.7 Å². The average Bonchev–Trinajstić information content (AvgIpc) is 1.88. The molecule has 0 spiro atoms. The van der Waals surface area contributed by atoms with Crippen LogP contribution >= 0.6 is 12.4 Å². The number of hydrogen-bond acceptors (Lipinski definition) is 3. The maximum absolute atomic E-state index is 10.1. The molecule has 1 aliphatic heterocycles. The molecule has 1 heterocycles. The number of nitrogens with zero attached hydrogens (tertiary/aromatic N) is 1. The highest BCUT2D eigenvalue weighted by Gasteiger charge is 2.13. The lowest BCUT2D eigenvalue weighted by atomic mass is 10.2. The highest BCUT2D eigenvalue weighted by Crippen LogP contribution is 1.95. The van der Waals surface area contributed by atoms with Crippen LogP contribution in [-0.2, 0) is 4.79 Å². The number of halogens is 1. The Balaban J connectivity index is 0.000001000. The van der Waals surface area contributed by atoms with E-state index in [-0.39, 0.29) is 12.4 Å². The first kappa shape index (κ1) is 10.9. The average molecular weight is 179 g/mol. The minimum Gasteiger partial charge on any atom is -0.312 e. The largest absolute Gasteiger partial charge is 0.312 e. The van der Waals surface area contributed by atoms with Crippen molar-refractivity contribution in [3.05, 3.63) is 0 Å². The third-order valence-corrected chi connectivity index (χ3v) is 1.79. The van der Waals surface area contributed by atoms with E-state index in [9.17, 15) is 4.79 Å². The minimum absolute atomic E-state index is 0. The van der Waals surface area contributed by atoms with E-state index in [4.69, 9.17) is 0 Å². The molecular formula is C7H15ClN2O. The van der Waals surface area contributed by atoms with Gasteiger partial charge < -0.3 is 10.1 Å². The van der Waals surface area contributed by atoms with Gasteiger partial charge in [0.05, 0.1) is 6.54 Å². The van der Waals surface area contributed by atoms with Crippen LogP contribution in [0.5, 0.6) is 0 Å². The van der Waals surface area contributed by atoms with Crippen molar-refractivity contribution in [2.45, 2.75) is 13.0 Å². The SMILES string of the molecule is CC1CN(CC=O)CCN1.Cl. The molecule has 1 unspecified atom stereocenters. The summed E-state index contributed by atoms with van der Waals surface area (Å²) in [6.07, 6.45) is 0.970. The van der Waals surface area contributed by atoms with E-state index < -0.39 is 0 Å². The van der Waals surface area contributed by atoms with E-state index >= 15 is 0 Å². The standard InChI is InChI=1S/C7H14N2O.ClH/c1-7-6-9(4-5-10)3-2-8-7;/h5,7-8H,2-4,6H2,1H3;1H. The van der Waals surface area contributed by atoms with Crippen LogP contribution in [0.2, 0.25) is 0 Å². The van der Waals surface area contributed by atoms with Crippen molar-refractivity contribution in [3.63, 3.8) is 0 Å². The molecule has 11 heavy (non-hydrogen) atoms. The van der Waals surface area contributed by atoms with Gasteiger partial charge in [0.2, 0.25) is 0 Å². The molecule has 1 saturated heterocycles. The summed E-state index contributed by atoms with van der Waals surface area (Å²) in [7, 11) is 0. The zero-order valence-electron chi connectivity index (χ0n) is 6.75. The van der Waals surface area contributed by atoms with E-state index in [0.29, 0.717) is 12.6 Å². The van der Waals surface area contributed by atoms with Crippen molar-refractivity contribution in [2.75, 3.05) is 26.2 Å². The van der Waals surface area contributed by atoms with Gasteiger partial charge in [0.1, 0.15) is 6.29 Å². The number of carbonyl (C=O) groups is 1. The molecule has 0 amide bonds. The monoisotopic (exact) mass is 178 g/mol. The van der Waals surface area contributed by atoms with E-state index in [1.165, 1.54) is 0 Å². The van der Waals surface area contributed by atoms with Crippen molar-refractivity contribution in [3.8, 4) is 0 Å². The van der Waals surface area contributed by atoms with Crippen LogP contribution in [0.15, 0.2) is 0 Å². The number of hydrogen-bond donors (Lipinski definition) is 1. The van der Waals surface area contributed by atoms with Crippen molar-refractivity contribution in [1.82, 2.24) is 10.2 Å². The highest BCUT2D eigenvalue weighted by atomic mass is 35.5. The Kier molecular flexibility index (Phi) is 5.46. The highest BCUT2D eigenvalue weighted by molar-refractivity contribution is 5.85. The molecule has 1 fully saturated rings. The maximum atomic E-state index is 10.1. The number of aldehydes is 1. The predicted molar refractivity (Wildman–Crippen MR) is 47.2 cm³/mol. The topological polar surface area (TPSA) is 32.3 Å². The van der Waals surface area contributed by atoms with Gasteiger partial charge in [0.15, 0.2) is 0 Å². The van der Waals surface area contributed by atoms with Gasteiger partial charge in [-0.1, -0.05) is 0 Å². The first-order valence-corrected chi connectivity index (χ1v) is 3.72. The van der Waals surface area contributed by atoms with Crippen LogP contribution in [0.1, 0.15) is 6.92 Å². The first-order chi connectivity index (χ1) is 4.83. The molecule has 0 aromatic heterocycles. The summed E-state index contributed by atoms with van der Waals surface area (Å²) in [5, 5.41) is 3.31. The third kappa shape index (κ3) is 3.70. The van der Waals surface area contributed by atoms with Gasteiger partial charge in [-0.3, -0.25) is 4.90 Å². The van der Waals surface area contributed by atoms with Crippen LogP contribution < -0.4 is 5.32 Å². The van der Waals surface area contributed by atoms with Gasteiger partial charge in [-0.25, -0.2) is 0 Å². The fourth-order valence-electron chi connectivity index (χ4n) is 1.28. The van der Waals surface area contributed by atoms with Crippen LogP contribution in [0.3, 0.4) is 0 Å². The number of carbonyl (C=O) groups excluding carboxylic acids is 1. The zero-order valence-corrected chi connectivity index (χ0v) is 7.56. The maximum Gasteiger partial charge on any atom is 0.133 e. The van der Waals surface area contributed by atoms with E-state index in [1.807, 2.05) is 0 Å². The summed E-state index contributed by atoms with van der Waals surface area (Å²) >= 11 is 0. The summed E-state index contributed by atoms with van der Waals surface area (Å²) in [6.45, 7) is 5.74. The third-order valence-electron chi connectivity index (χ3n) is 1.79. The number of rotatable bonds is 2. The molecule has 1 N–H and O–H groups in total. The molecule has 1 atom stereocenters. The van der Waals surface area contributed by atoms with Gasteiger partial charge >= 0.3 is 0 Å². The van der Waals surface area contributed by atoms with Gasteiger partial charge in [0, 0.05) is 25.7 Å². The molecule has 66 valence electrons. The first-order valence-electron chi connectivity index (χ1n) is 3.72. The Morgan fingerprint density at radius 2 is 2.45 bits per heavy atom. The Hall–Kier alpha value is -0.120. The van der Waals surface area contributed by atoms with Crippen LogP contribution in [0, 0.1) is 0 Å². The van der Waals surface area contributed by atoms with Gasteiger partial charge in [-0.2, -0.15) is 0 Å². The Morgan fingerprint density at radius 3 is 3.00 bits per heavy atom. The molecule has 1 rings (SSSR count). The molecule has 0 aliphatic carbocycles. The van der Waals surface area contributed by atoms with E-state index in [1.54, 1.807) is 0 Å². The number of piperazine rings is 1. The summed E-state index contributed by atoms with van der Waals surface area (Å²) in [5.74, 6) is 0. The molecule has 1 aliphatic rings. The lowest BCUT2D eigenvalue weighted by Gasteiger charge is -2.30. The molecule has 0 saturated carbocycles. The van der Waals surface area contributed by atoms with E-state index in [0.717, 1.165) is 25.9 Å². The predicted octanol–water partition coefficient (Wildman–Crippen LogP) is -0.0992. The summed E-state index contributed by atoms with van der Waals surface area (Å²) < 4.78 is 0. The van der Waals surface area contributed by atoms with Gasteiger partial charge in [0.25, 0.3) is 0 Å². The smallest absolute Gasteiger partial charge is 0.133 e. The normalized spacial score (nSPS) is 25.7. The van der Waals surface area contributed by atoms with Gasteiger partial charge in [-0.15, -0.1) is 12.4 Å². The Labute approximate surface area is 73.5 Å². The Bertz CT molecular complexity index is 121. The molecular weight excluding hydrogens is 164 g/mol. The molecule has 0 aromatic carbocycles. The molecule has 4 heteroatoms. The lowest BCUT2D eigenvalue weighted by Crippen LogP contribution is -2.49. The Morgan fingerprint density at radius 1 is 1.73 bits per heavy atom. The van der Waals surface area contributed by atoms with Crippen LogP contribution in [-0.4, -0.2) is 43.4 Å². The summed E-state index contributed by atoms with van der Waals surface area (Å²) in [5.41, 5.74) is 0. The second kappa shape index (κ2) is 5.52. The van der Waals surface area contributed by atoms with Crippen LogP contribution in [0.25, 0.3) is 0 Å². The van der Waals surface area contributed by atoms with Crippen molar-refractivity contribution < 1.29 is 4.79 Å². The van der Waals surface area contributed by atoms with Crippen molar-refractivity contribution in [2.24, 2.45) is 0 Å². The van der Waals surface area contributed by atoms with Gasteiger partial charge in [-0.05, 0) is 6.92 Å². The zero-order chi connectivity index (χ0) is 7.40. The fraction of sp³-hybridized carbons (Fsp3) is 0.857. The fourth-order valence-corrected chi connectivity index (χ4v) is 1.28. The van der Waals surface area contributed by atoms with Crippen molar-refractivity contribution in [1.29, 1.82) is 0 Å². The summed E-state index contributed by atoms with van der Waals surface area (Å²) in [4.78, 5) is 12.3. The minimum atomic E-state index is 0. The lowest BCUT2D eigenvalue weighted by molar-refractivity contribution is -0.109. The van der Waals surface area contributed by atoms with E-state index in [2.05, 4.69) is 17.1 Å². The quantitative estimate of drug-likeness (QED) is 0.600. The summed E-state index contributed by atoms with van der Waals surface area (Å²) in [6, 6.07) is 0.536. The van der Waals surface area contributed by atoms with Crippen LogP contribution in [0.4, 0.5) is 0 Å². The molecule has 3 nitrogen and oxygen atoms in total. The molecule has 0 aromatic rings.